The summed E-state index contributed by atoms with van der Waals surface area (Å²) in [5.41, 5.74) is 5.73. The van der Waals surface area contributed by atoms with E-state index in [-0.39, 0.29) is 17.9 Å². The number of aryl methyl sites for hydroxylation is 1. The molecule has 3 aromatic carbocycles. The second-order valence-corrected chi connectivity index (χ2v) is 9.19. The Labute approximate surface area is 193 Å². The van der Waals surface area contributed by atoms with Crippen LogP contribution in [0.1, 0.15) is 24.5 Å². The second-order valence-electron chi connectivity index (χ2n) is 9.19. The molecule has 1 unspecified atom stereocenters. The molecular weight excluding hydrogens is 410 g/mol. The van der Waals surface area contributed by atoms with Gasteiger partial charge in [-0.2, -0.15) is 0 Å². The highest BCUT2D eigenvalue weighted by Crippen LogP contribution is 2.33. The third-order valence-corrected chi connectivity index (χ3v) is 7.38. The minimum atomic E-state index is -0.610. The number of para-hydroxylation sites is 1. The molecule has 6 rings (SSSR count). The van der Waals surface area contributed by atoms with E-state index in [1.807, 2.05) is 23.1 Å². The van der Waals surface area contributed by atoms with Gasteiger partial charge in [-0.1, -0.05) is 42.5 Å². The lowest BCUT2D eigenvalue weighted by atomic mass is 10.1. The molecule has 1 N–H and O–H groups in total. The van der Waals surface area contributed by atoms with Gasteiger partial charge in [0.15, 0.2) is 0 Å². The fourth-order valence-corrected chi connectivity index (χ4v) is 5.77. The lowest BCUT2D eigenvalue weighted by molar-refractivity contribution is -0.137. The van der Waals surface area contributed by atoms with E-state index in [1.54, 1.807) is 0 Å². The van der Waals surface area contributed by atoms with Crippen LogP contribution in [0, 0.1) is 5.92 Å². The van der Waals surface area contributed by atoms with Gasteiger partial charge in [-0.05, 0) is 61.6 Å². The number of anilines is 1. The van der Waals surface area contributed by atoms with Gasteiger partial charge < -0.3 is 14.8 Å². The molecule has 0 bridgehead atoms. The summed E-state index contributed by atoms with van der Waals surface area (Å²) in [6.45, 7) is 3.67. The molecule has 1 atom stereocenters. The van der Waals surface area contributed by atoms with E-state index in [9.17, 15) is 9.59 Å². The monoisotopic (exact) mass is 437 g/mol. The number of rotatable bonds is 4. The molecule has 4 aromatic rings. The van der Waals surface area contributed by atoms with Gasteiger partial charge in [-0.3, -0.25) is 9.59 Å². The van der Waals surface area contributed by atoms with Crippen LogP contribution >= 0.6 is 0 Å². The van der Waals surface area contributed by atoms with Gasteiger partial charge in [0.25, 0.3) is 0 Å². The number of aromatic nitrogens is 1. The van der Waals surface area contributed by atoms with Crippen LogP contribution < -0.4 is 5.32 Å². The van der Waals surface area contributed by atoms with Crippen LogP contribution in [0.5, 0.6) is 0 Å². The first-order chi connectivity index (χ1) is 16.1. The number of carbonyl (C=O) groups is 2. The molecule has 0 radical (unpaired) electrons. The van der Waals surface area contributed by atoms with Crippen molar-refractivity contribution in [1.29, 1.82) is 0 Å². The largest absolute Gasteiger partial charge is 0.341 e. The van der Waals surface area contributed by atoms with Gasteiger partial charge >= 0.3 is 0 Å². The molecule has 2 heterocycles. The molecule has 0 saturated carbocycles. The number of fused-ring (bicyclic) bond motifs is 4. The summed E-state index contributed by atoms with van der Waals surface area (Å²) >= 11 is 0. The lowest BCUT2D eigenvalue weighted by Gasteiger charge is -2.24. The first kappa shape index (κ1) is 20.0. The Morgan fingerprint density at radius 1 is 0.939 bits per heavy atom. The number of hydrogen-bond acceptors (Lipinski definition) is 2. The molecule has 1 aromatic heterocycles. The van der Waals surface area contributed by atoms with E-state index in [2.05, 4.69) is 65.3 Å². The first-order valence-electron chi connectivity index (χ1n) is 11.8. The molecule has 166 valence electrons. The zero-order valence-electron chi connectivity index (χ0n) is 18.8. The van der Waals surface area contributed by atoms with Gasteiger partial charge in [-0.15, -0.1) is 0 Å². The van der Waals surface area contributed by atoms with E-state index in [0.29, 0.717) is 13.0 Å². The predicted molar refractivity (Wildman–Crippen MR) is 131 cm³/mol. The molecule has 1 aliphatic carbocycles. The predicted octanol–water partition coefficient (Wildman–Crippen LogP) is 4.77. The SMILES string of the molecule is CCn1c2ccccc2c2cc(NC(=O)C3CCN(C4Cc5ccccc5C4)C3=O)ccc21. The van der Waals surface area contributed by atoms with E-state index >= 15 is 0 Å². The summed E-state index contributed by atoms with van der Waals surface area (Å²) < 4.78 is 2.29. The minimum absolute atomic E-state index is 0.0334. The molecule has 0 spiro atoms. The van der Waals surface area contributed by atoms with Crippen molar-refractivity contribution in [3.8, 4) is 0 Å². The third kappa shape index (κ3) is 3.22. The van der Waals surface area contributed by atoms with E-state index in [0.717, 1.165) is 36.0 Å². The van der Waals surface area contributed by atoms with E-state index in [4.69, 9.17) is 0 Å². The van der Waals surface area contributed by atoms with Crippen LogP contribution in [0.3, 0.4) is 0 Å². The third-order valence-electron chi connectivity index (χ3n) is 7.38. The number of hydrogen-bond donors (Lipinski definition) is 1. The molecule has 1 aliphatic heterocycles. The fraction of sp³-hybridized carbons (Fsp3) is 0.286. The molecule has 5 nitrogen and oxygen atoms in total. The molecule has 1 saturated heterocycles. The summed E-state index contributed by atoms with van der Waals surface area (Å²) in [6, 6.07) is 22.9. The van der Waals surface area contributed by atoms with Gasteiger partial charge in [0.1, 0.15) is 5.92 Å². The van der Waals surface area contributed by atoms with Gasteiger partial charge in [-0.25, -0.2) is 0 Å². The average Bonchev–Trinajstić information content (AvgIpc) is 3.51. The molecule has 1 fully saturated rings. The number of carbonyl (C=O) groups excluding carboxylic acids is 2. The van der Waals surface area contributed by atoms with Crippen LogP contribution in [0.2, 0.25) is 0 Å². The molecule has 33 heavy (non-hydrogen) atoms. The van der Waals surface area contributed by atoms with Crippen LogP contribution in [0.4, 0.5) is 5.69 Å². The van der Waals surface area contributed by atoms with Crippen molar-refractivity contribution in [1.82, 2.24) is 9.47 Å². The summed E-state index contributed by atoms with van der Waals surface area (Å²) in [4.78, 5) is 28.2. The fourth-order valence-electron chi connectivity index (χ4n) is 5.77. The Bertz CT molecular complexity index is 1380. The molecule has 2 aliphatic rings. The number of likely N-dealkylation sites (tertiary alicyclic amines) is 1. The summed E-state index contributed by atoms with van der Waals surface area (Å²) in [5, 5.41) is 5.33. The van der Waals surface area contributed by atoms with Gasteiger partial charge in [0.2, 0.25) is 11.8 Å². The smallest absolute Gasteiger partial charge is 0.237 e. The topological polar surface area (TPSA) is 54.3 Å². The Hall–Kier alpha value is -3.60. The van der Waals surface area contributed by atoms with Crippen molar-refractivity contribution in [3.63, 3.8) is 0 Å². The van der Waals surface area contributed by atoms with Crippen molar-refractivity contribution < 1.29 is 9.59 Å². The highest BCUT2D eigenvalue weighted by molar-refractivity contribution is 6.11. The number of nitrogens with one attached hydrogen (secondary N) is 1. The minimum Gasteiger partial charge on any atom is -0.341 e. The summed E-state index contributed by atoms with van der Waals surface area (Å²) in [6.07, 6.45) is 2.34. The highest BCUT2D eigenvalue weighted by Gasteiger charge is 2.41. The number of amides is 2. The van der Waals surface area contributed by atoms with Crippen molar-refractivity contribution >= 4 is 39.3 Å². The zero-order chi connectivity index (χ0) is 22.5. The maximum atomic E-state index is 13.2. The van der Waals surface area contributed by atoms with Crippen molar-refractivity contribution in [2.75, 3.05) is 11.9 Å². The second kappa shape index (κ2) is 7.77. The maximum absolute atomic E-state index is 13.2. The average molecular weight is 438 g/mol. The highest BCUT2D eigenvalue weighted by atomic mass is 16.2. The molecule has 2 amide bonds. The number of benzene rings is 3. The Kier molecular flexibility index (Phi) is 4.72. The van der Waals surface area contributed by atoms with Gasteiger partial charge in [0.05, 0.1) is 0 Å². The standard InChI is InChI=1S/C28H27N3O2/c1-2-30-25-10-6-5-9-22(25)24-17-20(11-12-26(24)30)29-27(32)23-13-14-31(28(23)33)21-15-18-7-3-4-8-19(18)16-21/h3-12,17,21,23H,2,13-16H2,1H3,(H,29,32). The van der Waals surface area contributed by atoms with Crippen LogP contribution in [-0.2, 0) is 29.0 Å². The Balaban J connectivity index is 1.21. The Morgan fingerprint density at radius 2 is 1.64 bits per heavy atom. The Morgan fingerprint density at radius 3 is 2.39 bits per heavy atom. The van der Waals surface area contributed by atoms with E-state index < -0.39 is 5.92 Å². The van der Waals surface area contributed by atoms with Crippen molar-refractivity contribution in [2.45, 2.75) is 38.8 Å². The summed E-state index contributed by atoms with van der Waals surface area (Å²) in [7, 11) is 0. The molecular formula is C28H27N3O2. The summed E-state index contributed by atoms with van der Waals surface area (Å²) in [5.74, 6) is -0.841. The quantitative estimate of drug-likeness (QED) is 0.468. The number of nitrogens with zero attached hydrogens (tertiary/aromatic N) is 2. The zero-order valence-corrected chi connectivity index (χ0v) is 18.8. The van der Waals surface area contributed by atoms with Crippen molar-refractivity contribution in [3.05, 3.63) is 77.9 Å². The maximum Gasteiger partial charge on any atom is 0.237 e. The van der Waals surface area contributed by atoms with Crippen LogP contribution in [0.15, 0.2) is 66.7 Å². The van der Waals surface area contributed by atoms with Crippen molar-refractivity contribution in [2.24, 2.45) is 5.92 Å². The first-order valence-corrected chi connectivity index (χ1v) is 11.8. The molecule has 5 heteroatoms. The van der Waals surface area contributed by atoms with Crippen LogP contribution in [-0.4, -0.2) is 33.9 Å². The van der Waals surface area contributed by atoms with Gasteiger partial charge in [0, 0.05) is 46.6 Å². The van der Waals surface area contributed by atoms with E-state index in [1.165, 1.54) is 22.0 Å². The lowest BCUT2D eigenvalue weighted by Crippen LogP contribution is -2.40. The van der Waals surface area contributed by atoms with Crippen LogP contribution in [0.25, 0.3) is 21.8 Å². The normalized spacial score (nSPS) is 18.4.